The zero-order chi connectivity index (χ0) is 39.9. The van der Waals surface area contributed by atoms with Crippen LogP contribution in [0.3, 0.4) is 0 Å². The highest BCUT2D eigenvalue weighted by molar-refractivity contribution is 6.16. The number of rotatable bonds is 3. The minimum absolute atomic E-state index is 0.00809. The Kier molecular flexibility index (Phi) is 11.8. The standard InChI is InChI=1S/C43H58N4O8/c1-9-54-41-27(7)38(51)33-32-31(41)30(49)16-11-14-23(3)40(55-28(8)48)26(6)37(50)25(5)19-22(2)13-10-15-24(4)42(53)44-36(39(33)52)35-34(32)45-43(46-35)17-12-18-47-21-29(47)20-43/h10,13,15,22-23,25-26,29,37,40,50-52H,9,11-12,14,16-21H2,1-8H3,(H,44,53)/b13-10+,24-15-/t22-,23+,25+,26+,29-,37+,40+,43-,47?/m0/s1. The van der Waals surface area contributed by atoms with Gasteiger partial charge in [-0.05, 0) is 77.2 Å². The number of allylic oxidation sites excluding steroid dienone is 3. The van der Waals surface area contributed by atoms with Crippen molar-refractivity contribution in [3.63, 3.8) is 0 Å². The lowest BCUT2D eigenvalue weighted by molar-refractivity contribution is -0.156. The predicted molar refractivity (Wildman–Crippen MR) is 210 cm³/mol. The van der Waals surface area contributed by atoms with Crippen LogP contribution in [0.5, 0.6) is 17.2 Å². The molecule has 12 heteroatoms. The maximum absolute atomic E-state index is 14.6. The molecule has 1 unspecified atom stereocenters. The molecule has 1 amide bonds. The Labute approximate surface area is 323 Å². The highest BCUT2D eigenvalue weighted by Crippen LogP contribution is 2.46. The second kappa shape index (κ2) is 16.1. The Balaban J connectivity index is 1.56. The first-order chi connectivity index (χ1) is 26.1. The van der Waals surface area contributed by atoms with Crippen LogP contribution < -0.4 is 20.8 Å². The van der Waals surface area contributed by atoms with Crippen molar-refractivity contribution in [3.05, 3.63) is 45.6 Å². The van der Waals surface area contributed by atoms with Crippen LogP contribution >= 0.6 is 0 Å². The van der Waals surface area contributed by atoms with Gasteiger partial charge in [0, 0.05) is 54.8 Å². The fourth-order valence-electron chi connectivity index (χ4n) is 9.09. The summed E-state index contributed by atoms with van der Waals surface area (Å²) >= 11 is 0. The molecule has 55 heavy (non-hydrogen) atoms. The Hall–Kier alpha value is -4.29. The number of esters is 1. The Morgan fingerprint density at radius 2 is 1.76 bits per heavy atom. The van der Waals surface area contributed by atoms with Gasteiger partial charge in [0.2, 0.25) is 0 Å². The van der Waals surface area contributed by atoms with Crippen molar-refractivity contribution in [2.75, 3.05) is 25.0 Å². The van der Waals surface area contributed by atoms with Crippen molar-refractivity contribution in [1.82, 2.24) is 4.90 Å². The van der Waals surface area contributed by atoms with Gasteiger partial charge in [0.1, 0.15) is 28.6 Å². The summed E-state index contributed by atoms with van der Waals surface area (Å²) < 4.78 is 12.0. The average Bonchev–Trinajstić information content (AvgIpc) is 3.78. The lowest BCUT2D eigenvalue weighted by Crippen LogP contribution is -2.40. The van der Waals surface area contributed by atoms with Crippen molar-refractivity contribution >= 4 is 34.1 Å². The quantitative estimate of drug-likeness (QED) is 0.171. The summed E-state index contributed by atoms with van der Waals surface area (Å²) in [6.45, 7) is 16.5. The van der Waals surface area contributed by atoms with Crippen molar-refractivity contribution in [3.8, 4) is 17.2 Å². The van der Waals surface area contributed by atoms with Crippen molar-refractivity contribution in [2.24, 2.45) is 33.7 Å². The normalized spacial score (nSPS) is 33.1. The van der Waals surface area contributed by atoms with Gasteiger partial charge < -0.3 is 30.1 Å². The minimum Gasteiger partial charge on any atom is -0.507 e. The molecule has 0 saturated carbocycles. The van der Waals surface area contributed by atoms with Crippen LogP contribution in [0.25, 0.3) is 10.8 Å². The lowest BCUT2D eigenvalue weighted by Gasteiger charge is -2.35. The zero-order valence-corrected chi connectivity index (χ0v) is 33.6. The number of aliphatic hydroxyl groups is 1. The van der Waals surface area contributed by atoms with E-state index >= 15 is 0 Å². The summed E-state index contributed by atoms with van der Waals surface area (Å²) in [6, 6.07) is 0.318. The number of hydrogen-bond donors (Lipinski definition) is 4. The molecule has 2 aromatic rings. The van der Waals surface area contributed by atoms with Crippen LogP contribution in [0.15, 0.2) is 33.8 Å². The third-order valence-corrected chi connectivity index (χ3v) is 12.1. The fourth-order valence-corrected chi connectivity index (χ4v) is 9.09. The number of nitrogens with one attached hydrogen (secondary N) is 1. The van der Waals surface area contributed by atoms with Gasteiger partial charge in [0.25, 0.3) is 5.91 Å². The van der Waals surface area contributed by atoms with Gasteiger partial charge in [-0.1, -0.05) is 45.9 Å². The van der Waals surface area contributed by atoms with E-state index in [0.29, 0.717) is 49.1 Å². The number of anilines is 1. The predicted octanol–water partition coefficient (Wildman–Crippen LogP) is 5.81. The van der Waals surface area contributed by atoms with Gasteiger partial charge in [-0.15, -0.1) is 0 Å². The van der Waals surface area contributed by atoms with E-state index in [-0.39, 0.29) is 86.9 Å². The number of fused-ring (bicyclic) bond motifs is 1. The monoisotopic (exact) mass is 758 g/mol. The number of ether oxygens (including phenoxy) is 2. The molecule has 2 aromatic carbocycles. The van der Waals surface area contributed by atoms with E-state index in [1.54, 1.807) is 26.8 Å². The van der Waals surface area contributed by atoms with Crippen LogP contribution in [-0.4, -0.2) is 81.5 Å². The first-order valence-corrected chi connectivity index (χ1v) is 20.0. The summed E-state index contributed by atoms with van der Waals surface area (Å²) in [5.41, 5.74) is 0.0310. The number of Topliss-reactive ketones (excluding diaryl/α,β-unsaturated/α-hetero) is 1. The van der Waals surface area contributed by atoms with Crippen LogP contribution in [-0.2, 0) is 14.3 Å². The number of ketones is 1. The Morgan fingerprint density at radius 3 is 2.47 bits per heavy atom. The van der Waals surface area contributed by atoms with E-state index in [4.69, 9.17) is 19.5 Å². The van der Waals surface area contributed by atoms with Crippen molar-refractivity contribution in [1.29, 1.82) is 0 Å². The van der Waals surface area contributed by atoms with Gasteiger partial charge in [-0.25, -0.2) is 0 Å². The smallest absolute Gasteiger partial charge is 0.302 e. The van der Waals surface area contributed by atoms with Crippen molar-refractivity contribution in [2.45, 2.75) is 124 Å². The number of amides is 1. The first kappa shape index (κ1) is 40.4. The third-order valence-electron chi connectivity index (χ3n) is 12.1. The molecule has 6 rings (SSSR count). The number of aromatic hydroxyl groups is 2. The molecule has 2 fully saturated rings. The maximum atomic E-state index is 14.6. The molecule has 12 nitrogen and oxygen atoms in total. The number of carbonyl (C=O) groups is 3. The van der Waals surface area contributed by atoms with Gasteiger partial charge in [-0.3, -0.25) is 29.3 Å². The zero-order valence-electron chi connectivity index (χ0n) is 33.6. The third kappa shape index (κ3) is 8.03. The first-order valence-electron chi connectivity index (χ1n) is 20.0. The van der Waals surface area contributed by atoms with E-state index in [9.17, 15) is 29.7 Å². The molecule has 4 heterocycles. The lowest BCUT2D eigenvalue weighted by atomic mass is 9.79. The molecular formula is C43H58N4O8. The van der Waals surface area contributed by atoms with Crippen LogP contribution in [0.2, 0.25) is 0 Å². The molecule has 2 bridgehead atoms. The summed E-state index contributed by atoms with van der Waals surface area (Å²) in [6.07, 6.45) is 8.03. The van der Waals surface area contributed by atoms with Gasteiger partial charge >= 0.3 is 5.97 Å². The molecule has 0 radical (unpaired) electrons. The molecule has 4 N–H and O–H groups in total. The number of phenolic OH excluding ortho intramolecular Hbond substituents is 2. The SMILES string of the molecule is CCOc1c(C)c(O)c2c(O)c3c4c(c2c1C(=O)CCC[C@@H](C)[C@@H](OC(C)=O)[C@H](C)[C@H](O)[C@H](C)C[C@@H](C)/C=C/C=C(/C)C(=O)N3)=N[C@@]1(CCCN2C[C@@H]2C1)N=4. The van der Waals surface area contributed by atoms with Gasteiger partial charge in [0.05, 0.1) is 29.0 Å². The number of aliphatic hydroxyl groups excluding tert-OH is 1. The molecule has 4 aliphatic heterocycles. The van der Waals surface area contributed by atoms with Crippen LogP contribution in [0.1, 0.15) is 109 Å². The number of benzene rings is 2. The highest BCUT2D eigenvalue weighted by atomic mass is 16.5. The number of phenols is 2. The van der Waals surface area contributed by atoms with E-state index in [2.05, 4.69) is 10.2 Å². The number of nitrogens with zero attached hydrogens (tertiary/aromatic N) is 3. The molecule has 9 atom stereocenters. The molecule has 1 spiro atoms. The summed E-state index contributed by atoms with van der Waals surface area (Å²) in [5.74, 6) is -2.22. The van der Waals surface area contributed by atoms with Crippen molar-refractivity contribution < 1.29 is 39.2 Å². The molecule has 4 aliphatic rings. The molecular weight excluding hydrogens is 700 g/mol. The van der Waals surface area contributed by atoms with Gasteiger partial charge in [-0.2, -0.15) is 0 Å². The van der Waals surface area contributed by atoms with E-state index < -0.39 is 35.5 Å². The molecule has 0 aliphatic carbocycles. The fraction of sp³-hybridized carbons (Fsp3) is 0.605. The highest BCUT2D eigenvalue weighted by Gasteiger charge is 2.46. The maximum Gasteiger partial charge on any atom is 0.302 e. The second-order valence-corrected chi connectivity index (χ2v) is 16.5. The van der Waals surface area contributed by atoms with Gasteiger partial charge in [0.15, 0.2) is 17.2 Å². The van der Waals surface area contributed by atoms with E-state index in [0.717, 1.165) is 19.5 Å². The van der Waals surface area contributed by atoms with E-state index in [1.165, 1.54) is 6.92 Å². The molecule has 0 aromatic heterocycles. The topological polar surface area (TPSA) is 170 Å². The largest absolute Gasteiger partial charge is 0.507 e. The second-order valence-electron chi connectivity index (χ2n) is 16.5. The Bertz CT molecular complexity index is 2060. The summed E-state index contributed by atoms with van der Waals surface area (Å²) in [5, 5.41) is 39.2. The minimum atomic E-state index is -0.860. The number of hydrogen-bond acceptors (Lipinski definition) is 11. The number of carbonyl (C=O) groups excluding carboxylic acids is 3. The van der Waals surface area contributed by atoms with Crippen LogP contribution in [0.4, 0.5) is 5.69 Å². The molecule has 298 valence electrons. The Morgan fingerprint density at radius 1 is 1.04 bits per heavy atom. The van der Waals surface area contributed by atoms with E-state index in [1.807, 2.05) is 39.8 Å². The average molecular weight is 759 g/mol. The summed E-state index contributed by atoms with van der Waals surface area (Å²) in [4.78, 5) is 53.6. The van der Waals surface area contributed by atoms with Crippen LogP contribution in [0, 0.1) is 30.6 Å². The molecule has 2 saturated heterocycles. The summed E-state index contributed by atoms with van der Waals surface area (Å²) in [7, 11) is 0.